The molecule has 1 saturated carbocycles. The average molecular weight is 272 g/mol. The van der Waals surface area contributed by atoms with Crippen LogP contribution in [0.4, 0.5) is 13.2 Å². The molecule has 7 atom stereocenters. The summed E-state index contributed by atoms with van der Waals surface area (Å²) in [6.45, 7) is -1.32. The summed E-state index contributed by atoms with van der Waals surface area (Å²) >= 11 is 0. The summed E-state index contributed by atoms with van der Waals surface area (Å²) in [6, 6.07) is 0. The number of methoxy groups -OCH3 is 1. The van der Waals surface area contributed by atoms with Crippen LogP contribution in [0, 0.1) is 0 Å². The molecule has 4 aliphatic rings. The third-order valence-electron chi connectivity index (χ3n) is 3.65. The Morgan fingerprint density at radius 1 is 1.17 bits per heavy atom. The van der Waals surface area contributed by atoms with Crippen LogP contribution in [0.25, 0.3) is 0 Å². The van der Waals surface area contributed by atoms with Crippen molar-refractivity contribution in [1.82, 2.24) is 0 Å². The number of halogens is 3. The largest absolute Gasteiger partial charge is 0.422 e. The SMILES string of the molecule is CO[C@@H]1[C@H]2OC3O[C@H]([C@H]2O)[C@@](O)(C(F)(F)F)[C@H]1O3. The highest BCUT2D eigenvalue weighted by Crippen LogP contribution is 2.52. The number of hydrogen-bond acceptors (Lipinski definition) is 6. The Morgan fingerprint density at radius 3 is 2.33 bits per heavy atom. The standard InChI is InChI=1S/C9H11F3O6/c1-15-4-3-2(13)5-8(14,9(10,11)12)6(4)18-7(16-3)17-5/h2-7,13-14H,1H3/t2-,3-,4+,5+,6-,7?,8-/m0/s1. The highest BCUT2D eigenvalue weighted by atomic mass is 19.4. The first-order chi connectivity index (χ1) is 8.30. The number of alkyl halides is 3. The second-order valence-electron chi connectivity index (χ2n) is 4.52. The zero-order valence-corrected chi connectivity index (χ0v) is 9.13. The van der Waals surface area contributed by atoms with E-state index in [0.717, 1.165) is 7.11 Å². The number of rotatable bonds is 1. The molecular weight excluding hydrogens is 261 g/mol. The third kappa shape index (κ3) is 1.29. The van der Waals surface area contributed by atoms with Gasteiger partial charge in [-0.15, -0.1) is 0 Å². The van der Waals surface area contributed by atoms with Crippen molar-refractivity contribution in [1.29, 1.82) is 0 Å². The van der Waals surface area contributed by atoms with Gasteiger partial charge in [-0.2, -0.15) is 13.2 Å². The van der Waals surface area contributed by atoms with E-state index in [1.807, 2.05) is 0 Å². The third-order valence-corrected chi connectivity index (χ3v) is 3.65. The zero-order valence-electron chi connectivity index (χ0n) is 9.13. The molecule has 0 aromatic heterocycles. The minimum absolute atomic E-state index is 1.01. The van der Waals surface area contributed by atoms with Gasteiger partial charge < -0.3 is 29.2 Å². The van der Waals surface area contributed by atoms with Gasteiger partial charge in [0, 0.05) is 7.11 Å². The molecule has 4 bridgehead atoms. The Hall–Kier alpha value is -0.450. The molecule has 0 radical (unpaired) electrons. The van der Waals surface area contributed by atoms with E-state index in [4.69, 9.17) is 18.9 Å². The van der Waals surface area contributed by atoms with E-state index >= 15 is 0 Å². The molecule has 18 heavy (non-hydrogen) atoms. The summed E-state index contributed by atoms with van der Waals surface area (Å²) in [7, 11) is 1.16. The van der Waals surface area contributed by atoms with Gasteiger partial charge in [0.1, 0.15) is 30.5 Å². The molecule has 1 aliphatic carbocycles. The second-order valence-corrected chi connectivity index (χ2v) is 4.52. The van der Waals surface area contributed by atoms with Crippen LogP contribution in [-0.4, -0.2) is 66.1 Å². The van der Waals surface area contributed by atoms with Crippen LogP contribution in [-0.2, 0) is 18.9 Å². The van der Waals surface area contributed by atoms with Crippen LogP contribution in [0.1, 0.15) is 0 Å². The van der Waals surface area contributed by atoms with Crippen LogP contribution in [0.2, 0.25) is 0 Å². The van der Waals surface area contributed by atoms with E-state index in [0.29, 0.717) is 0 Å². The number of aliphatic hydroxyl groups is 2. The Labute approximate surface area is 99.2 Å². The van der Waals surface area contributed by atoms with Crippen molar-refractivity contribution in [3.8, 4) is 0 Å². The van der Waals surface area contributed by atoms with Crippen LogP contribution in [0.15, 0.2) is 0 Å². The minimum Gasteiger partial charge on any atom is -0.387 e. The highest BCUT2D eigenvalue weighted by Gasteiger charge is 2.77. The molecule has 4 fully saturated rings. The summed E-state index contributed by atoms with van der Waals surface area (Å²) < 4.78 is 58.7. The van der Waals surface area contributed by atoms with E-state index in [9.17, 15) is 23.4 Å². The molecule has 3 aliphatic heterocycles. The predicted octanol–water partition coefficient (Wildman–Crippen LogP) is -0.864. The van der Waals surface area contributed by atoms with Gasteiger partial charge in [-0.3, -0.25) is 0 Å². The molecule has 0 aromatic rings. The van der Waals surface area contributed by atoms with Gasteiger partial charge in [0.15, 0.2) is 0 Å². The summed E-state index contributed by atoms with van der Waals surface area (Å²) in [5, 5.41) is 19.7. The van der Waals surface area contributed by atoms with E-state index in [1.54, 1.807) is 0 Å². The first kappa shape index (κ1) is 12.6. The maximum Gasteiger partial charge on any atom is 0.422 e. The zero-order chi connectivity index (χ0) is 13.3. The van der Waals surface area contributed by atoms with Crippen molar-refractivity contribution in [2.75, 3.05) is 7.11 Å². The predicted molar refractivity (Wildman–Crippen MR) is 46.2 cm³/mol. The van der Waals surface area contributed by atoms with Gasteiger partial charge in [-0.1, -0.05) is 0 Å². The summed E-state index contributed by atoms with van der Waals surface area (Å²) in [5.74, 6) is 0. The van der Waals surface area contributed by atoms with Gasteiger partial charge in [0.05, 0.1) is 0 Å². The van der Waals surface area contributed by atoms with Crippen molar-refractivity contribution in [3.63, 3.8) is 0 Å². The summed E-state index contributed by atoms with van der Waals surface area (Å²) in [6.07, 6.45) is -12.4. The van der Waals surface area contributed by atoms with Gasteiger partial charge in [0.25, 0.3) is 6.48 Å². The van der Waals surface area contributed by atoms with E-state index < -0.39 is 48.8 Å². The van der Waals surface area contributed by atoms with Crippen molar-refractivity contribution in [3.05, 3.63) is 0 Å². The minimum atomic E-state index is -5.02. The first-order valence-electron chi connectivity index (χ1n) is 5.27. The van der Waals surface area contributed by atoms with Crippen molar-refractivity contribution in [2.24, 2.45) is 0 Å². The van der Waals surface area contributed by atoms with Gasteiger partial charge in [-0.25, -0.2) is 0 Å². The van der Waals surface area contributed by atoms with E-state index in [2.05, 4.69) is 0 Å². The molecule has 0 amide bonds. The smallest absolute Gasteiger partial charge is 0.387 e. The lowest BCUT2D eigenvalue weighted by Gasteiger charge is -2.61. The summed E-state index contributed by atoms with van der Waals surface area (Å²) in [5.41, 5.74) is -3.32. The number of aliphatic hydroxyl groups excluding tert-OH is 1. The average Bonchev–Trinajstić information content (AvgIpc) is 2.29. The Bertz CT molecular complexity index is 363. The lowest BCUT2D eigenvalue weighted by molar-refractivity contribution is -0.525. The van der Waals surface area contributed by atoms with Crippen molar-refractivity contribution >= 4 is 0 Å². The Balaban J connectivity index is 2.06. The molecule has 2 N–H and O–H groups in total. The second kappa shape index (κ2) is 3.56. The van der Waals surface area contributed by atoms with Gasteiger partial charge in [0.2, 0.25) is 5.60 Å². The Morgan fingerprint density at radius 2 is 1.78 bits per heavy atom. The lowest BCUT2D eigenvalue weighted by Crippen LogP contribution is -2.83. The molecular formula is C9H11F3O6. The maximum atomic E-state index is 13.1. The maximum absolute atomic E-state index is 13.1. The van der Waals surface area contributed by atoms with E-state index in [-0.39, 0.29) is 0 Å². The molecule has 4 rings (SSSR count). The van der Waals surface area contributed by atoms with Gasteiger partial charge >= 0.3 is 6.18 Å². The molecule has 104 valence electrons. The Kier molecular flexibility index (Phi) is 2.48. The molecule has 0 spiro atoms. The molecule has 0 aromatic carbocycles. The normalized spacial score (nSPS) is 55.0. The quantitative estimate of drug-likeness (QED) is 0.646. The van der Waals surface area contributed by atoms with Crippen LogP contribution in [0.5, 0.6) is 0 Å². The highest BCUT2D eigenvalue weighted by molar-refractivity contribution is 5.17. The summed E-state index contributed by atoms with van der Waals surface area (Å²) in [4.78, 5) is 0. The molecule has 1 unspecified atom stereocenters. The fourth-order valence-corrected chi connectivity index (χ4v) is 2.78. The fraction of sp³-hybridized carbons (Fsp3) is 1.00. The van der Waals surface area contributed by atoms with Gasteiger partial charge in [-0.05, 0) is 0 Å². The molecule has 6 nitrogen and oxygen atoms in total. The monoisotopic (exact) mass is 272 g/mol. The fourth-order valence-electron chi connectivity index (χ4n) is 2.78. The molecule has 3 saturated heterocycles. The van der Waals surface area contributed by atoms with Crippen molar-refractivity contribution < 1.29 is 42.3 Å². The van der Waals surface area contributed by atoms with Crippen LogP contribution < -0.4 is 0 Å². The van der Waals surface area contributed by atoms with Crippen molar-refractivity contribution in [2.45, 2.75) is 48.8 Å². The number of hydrogen-bond donors (Lipinski definition) is 2. The molecule has 9 heteroatoms. The first-order valence-corrected chi connectivity index (χ1v) is 5.27. The number of ether oxygens (including phenoxy) is 4. The van der Waals surface area contributed by atoms with E-state index in [1.165, 1.54) is 0 Å². The van der Waals surface area contributed by atoms with Crippen LogP contribution in [0.3, 0.4) is 0 Å². The lowest BCUT2D eigenvalue weighted by atomic mass is 9.72. The topological polar surface area (TPSA) is 77.4 Å². The van der Waals surface area contributed by atoms with Crippen LogP contribution >= 0.6 is 0 Å². The molecule has 3 heterocycles.